The van der Waals surface area contributed by atoms with E-state index in [2.05, 4.69) is 24.9 Å². The number of aromatic nitrogens is 5. The van der Waals surface area contributed by atoms with Gasteiger partial charge in [0, 0.05) is 30.2 Å². The Bertz CT molecular complexity index is 867. The first-order chi connectivity index (χ1) is 12.2. The van der Waals surface area contributed by atoms with Gasteiger partial charge in [0.1, 0.15) is 5.15 Å². The quantitative estimate of drug-likeness (QED) is 0.355. The molecule has 0 saturated carbocycles. The molecule has 3 heterocycles. The van der Waals surface area contributed by atoms with Gasteiger partial charge in [-0.2, -0.15) is 4.98 Å². The van der Waals surface area contributed by atoms with Crippen LogP contribution in [0.25, 0.3) is 0 Å². The molecule has 6 nitrogen and oxygen atoms in total. The summed E-state index contributed by atoms with van der Waals surface area (Å²) in [6.07, 6.45) is 8.25. The van der Waals surface area contributed by atoms with Gasteiger partial charge in [-0.15, -0.1) is 0 Å². The average Bonchev–Trinajstić information content (AvgIpc) is 2.67. The first-order valence-corrected chi connectivity index (χ1v) is 10.0. The summed E-state index contributed by atoms with van der Waals surface area (Å²) in [5.74, 6) is 0.439. The van der Waals surface area contributed by atoms with Crippen LogP contribution in [0.2, 0.25) is 5.15 Å². The summed E-state index contributed by atoms with van der Waals surface area (Å²) < 4.78 is 6.12. The number of hydrogen-bond donors (Lipinski definition) is 0. The molecule has 3 rings (SSSR count). The fourth-order valence-corrected chi connectivity index (χ4v) is 3.01. The topological polar surface area (TPSA) is 73.7 Å². The Morgan fingerprint density at radius 1 is 0.920 bits per heavy atom. The molecule has 9 heteroatoms. The lowest BCUT2D eigenvalue weighted by Crippen LogP contribution is -2.14. The normalized spacial score (nSPS) is 12.0. The number of halogens is 1. The number of ether oxygens (including phenoxy) is 1. The van der Waals surface area contributed by atoms with Crippen LogP contribution in [0.5, 0.6) is 5.88 Å². The molecule has 0 aromatic carbocycles. The maximum Gasteiger partial charge on any atom is 0.218 e. The van der Waals surface area contributed by atoms with Crippen LogP contribution in [0.1, 0.15) is 17.4 Å². The third kappa shape index (κ3) is 4.39. The molecule has 0 N–H and O–H groups in total. The molecule has 0 aliphatic rings. The van der Waals surface area contributed by atoms with Crippen molar-refractivity contribution in [3.8, 4) is 5.88 Å². The second kappa shape index (κ2) is 8.46. The molecule has 25 heavy (non-hydrogen) atoms. The monoisotopic (exact) mass is 391 g/mol. The van der Waals surface area contributed by atoms with Crippen molar-refractivity contribution in [1.29, 1.82) is 0 Å². The minimum atomic E-state index is -0.556. The number of hydrogen-bond acceptors (Lipinski definition) is 8. The van der Waals surface area contributed by atoms with Crippen molar-refractivity contribution < 1.29 is 4.74 Å². The van der Waals surface area contributed by atoms with E-state index in [1.165, 1.54) is 23.5 Å². The van der Waals surface area contributed by atoms with E-state index in [-0.39, 0.29) is 0 Å². The molecule has 0 fully saturated rings. The van der Waals surface area contributed by atoms with Crippen molar-refractivity contribution in [2.75, 3.05) is 12.5 Å². The van der Waals surface area contributed by atoms with Gasteiger partial charge in [0.2, 0.25) is 5.88 Å². The van der Waals surface area contributed by atoms with Crippen molar-refractivity contribution in [3.63, 3.8) is 0 Å². The summed E-state index contributed by atoms with van der Waals surface area (Å²) in [6.45, 7) is 0. The van der Waals surface area contributed by atoms with Crippen molar-refractivity contribution >= 4 is 35.1 Å². The van der Waals surface area contributed by atoms with Gasteiger partial charge in [0.25, 0.3) is 0 Å². The Labute approximate surface area is 158 Å². The van der Waals surface area contributed by atoms with Crippen molar-refractivity contribution in [2.45, 2.75) is 16.4 Å². The van der Waals surface area contributed by atoms with E-state index < -0.39 is 6.10 Å². The SMILES string of the molecule is CSc1nccc(OC(c2ccnc(SC)n2)c2cccnc2Cl)n1. The van der Waals surface area contributed by atoms with Gasteiger partial charge < -0.3 is 4.74 Å². The first-order valence-electron chi connectivity index (χ1n) is 7.22. The summed E-state index contributed by atoms with van der Waals surface area (Å²) in [6, 6.07) is 7.16. The third-order valence-electron chi connectivity index (χ3n) is 3.21. The molecule has 0 radical (unpaired) electrons. The molecule has 3 aromatic rings. The Balaban J connectivity index is 2.03. The minimum Gasteiger partial charge on any atom is -0.463 e. The molecule has 1 atom stereocenters. The second-order valence-corrected chi connectivity index (χ2v) is 6.64. The summed E-state index contributed by atoms with van der Waals surface area (Å²) in [4.78, 5) is 21.4. The molecule has 1 unspecified atom stereocenters. The fraction of sp³-hybridized carbons (Fsp3) is 0.188. The molecule has 0 amide bonds. The van der Waals surface area contributed by atoms with Crippen LogP contribution in [-0.4, -0.2) is 37.4 Å². The lowest BCUT2D eigenvalue weighted by atomic mass is 10.1. The summed E-state index contributed by atoms with van der Waals surface area (Å²) in [5.41, 5.74) is 1.39. The van der Waals surface area contributed by atoms with Crippen molar-refractivity contribution in [1.82, 2.24) is 24.9 Å². The maximum absolute atomic E-state index is 6.29. The number of thioether (sulfide) groups is 2. The van der Waals surface area contributed by atoms with Gasteiger partial charge in [0.15, 0.2) is 16.4 Å². The zero-order valence-corrected chi connectivity index (χ0v) is 15.8. The maximum atomic E-state index is 6.29. The third-order valence-corrected chi connectivity index (χ3v) is 4.65. The van der Waals surface area contributed by atoms with E-state index in [9.17, 15) is 0 Å². The van der Waals surface area contributed by atoms with Crippen LogP contribution >= 0.6 is 35.1 Å². The smallest absolute Gasteiger partial charge is 0.218 e. The van der Waals surface area contributed by atoms with E-state index in [4.69, 9.17) is 16.3 Å². The highest BCUT2D eigenvalue weighted by Crippen LogP contribution is 2.31. The standard InChI is InChI=1S/C16H14ClN5OS2/c1-24-15-19-8-5-11(21-15)13(10-4-3-7-18-14(10)17)23-12-6-9-20-16(22-12)25-2/h3-9,13H,1-2H3. The van der Waals surface area contributed by atoms with Gasteiger partial charge in [-0.25, -0.2) is 19.9 Å². The molecule has 0 aliphatic heterocycles. The van der Waals surface area contributed by atoms with Crippen molar-refractivity contribution in [2.24, 2.45) is 0 Å². The van der Waals surface area contributed by atoms with Gasteiger partial charge in [-0.3, -0.25) is 0 Å². The second-order valence-electron chi connectivity index (χ2n) is 4.73. The number of rotatable bonds is 6. The molecular weight excluding hydrogens is 378 g/mol. The van der Waals surface area contributed by atoms with Crippen LogP contribution in [-0.2, 0) is 0 Å². The van der Waals surface area contributed by atoms with E-state index in [1.54, 1.807) is 30.7 Å². The molecule has 128 valence electrons. The zero-order chi connectivity index (χ0) is 17.6. The Morgan fingerprint density at radius 2 is 1.64 bits per heavy atom. The predicted molar refractivity (Wildman–Crippen MR) is 99.3 cm³/mol. The van der Waals surface area contributed by atoms with Crippen LogP contribution < -0.4 is 4.74 Å². The summed E-state index contributed by atoms with van der Waals surface area (Å²) in [7, 11) is 0. The van der Waals surface area contributed by atoms with Gasteiger partial charge in [-0.1, -0.05) is 41.2 Å². The average molecular weight is 392 g/mol. The van der Waals surface area contributed by atoms with Crippen LogP contribution in [0.3, 0.4) is 0 Å². The van der Waals surface area contributed by atoms with Gasteiger partial charge in [0.05, 0.1) is 5.69 Å². The van der Waals surface area contributed by atoms with E-state index in [0.29, 0.717) is 32.6 Å². The van der Waals surface area contributed by atoms with Crippen molar-refractivity contribution in [3.05, 3.63) is 59.3 Å². The number of pyridine rings is 1. The molecule has 3 aromatic heterocycles. The Kier molecular flexibility index (Phi) is 6.06. The molecule has 0 aliphatic carbocycles. The van der Waals surface area contributed by atoms with Crippen LogP contribution in [0, 0.1) is 0 Å². The summed E-state index contributed by atoms with van der Waals surface area (Å²) in [5, 5.41) is 1.63. The zero-order valence-electron chi connectivity index (χ0n) is 13.5. The van der Waals surface area contributed by atoms with E-state index >= 15 is 0 Å². The predicted octanol–water partition coefficient (Wildman–Crippen LogP) is 3.93. The lowest BCUT2D eigenvalue weighted by Gasteiger charge is -2.19. The number of nitrogens with zero attached hydrogens (tertiary/aromatic N) is 5. The summed E-state index contributed by atoms with van der Waals surface area (Å²) >= 11 is 9.19. The molecule has 0 saturated heterocycles. The van der Waals surface area contributed by atoms with Crippen LogP contribution in [0.4, 0.5) is 0 Å². The van der Waals surface area contributed by atoms with Crippen LogP contribution in [0.15, 0.2) is 53.2 Å². The highest BCUT2D eigenvalue weighted by atomic mass is 35.5. The largest absolute Gasteiger partial charge is 0.463 e. The minimum absolute atomic E-state index is 0.357. The highest BCUT2D eigenvalue weighted by molar-refractivity contribution is 7.98. The van der Waals surface area contributed by atoms with E-state index in [0.717, 1.165) is 0 Å². The highest BCUT2D eigenvalue weighted by Gasteiger charge is 2.22. The fourth-order valence-electron chi connectivity index (χ4n) is 2.09. The van der Waals surface area contributed by atoms with Gasteiger partial charge >= 0.3 is 0 Å². The first kappa shape index (κ1) is 17.9. The molecule has 0 bridgehead atoms. The Morgan fingerprint density at radius 3 is 2.36 bits per heavy atom. The van der Waals surface area contributed by atoms with Gasteiger partial charge in [-0.05, 0) is 24.6 Å². The molecule has 0 spiro atoms. The lowest BCUT2D eigenvalue weighted by molar-refractivity contribution is 0.228. The molecular formula is C16H14ClN5OS2. The Hall–Kier alpha value is -1.90. The van der Waals surface area contributed by atoms with E-state index in [1.807, 2.05) is 24.6 Å².